The average Bonchev–Trinajstić information content (AvgIpc) is 2.47. The normalized spacial score (nSPS) is 19.1. The molecule has 1 fully saturated rings. The molecule has 3 rings (SSSR count). The Morgan fingerprint density at radius 2 is 1.43 bits per heavy atom. The van der Waals surface area contributed by atoms with E-state index in [1.807, 2.05) is 0 Å². The lowest BCUT2D eigenvalue weighted by Gasteiger charge is -2.26. The number of fused-ring (bicyclic) bond motifs is 1. The molecule has 2 heteroatoms. The molecule has 0 spiro atoms. The molecule has 2 aromatic rings. The zero-order chi connectivity index (χ0) is 14.7. The Bertz CT molecular complexity index is 598. The smallest absolute Gasteiger partial charge is 0.0429 e. The molecule has 2 aromatic carbocycles. The highest BCUT2D eigenvalue weighted by Gasteiger charge is 2.23. The average molecular weight is 410 g/mol. The van der Waals surface area contributed by atoms with Crippen molar-refractivity contribution < 1.29 is 0 Å². The number of alkyl halides is 1. The Balaban J connectivity index is 1.93. The maximum absolute atomic E-state index is 4.04. The molecule has 0 N–H and O–H groups in total. The molecule has 0 heterocycles. The monoisotopic (exact) mass is 408 g/mol. The molecule has 1 aliphatic carbocycles. The first kappa shape index (κ1) is 15.6. The van der Waals surface area contributed by atoms with Gasteiger partial charge in [-0.1, -0.05) is 94.3 Å². The minimum Gasteiger partial charge on any atom is -0.0836 e. The molecule has 0 amide bonds. The van der Waals surface area contributed by atoms with Gasteiger partial charge in [0.1, 0.15) is 0 Å². The summed E-state index contributed by atoms with van der Waals surface area (Å²) in [6.45, 7) is 0. The fourth-order valence-corrected chi connectivity index (χ4v) is 4.97. The summed E-state index contributed by atoms with van der Waals surface area (Å²) < 4.78 is 1.19. The highest BCUT2D eigenvalue weighted by atomic mass is 79.9. The molecule has 0 aliphatic heterocycles. The minimum atomic E-state index is 0.480. The number of benzene rings is 2. The summed E-state index contributed by atoms with van der Waals surface area (Å²) in [5, 5.41) is 2.71. The van der Waals surface area contributed by atoms with Gasteiger partial charge < -0.3 is 0 Å². The molecule has 0 radical (unpaired) electrons. The molecule has 0 saturated heterocycles. The predicted molar refractivity (Wildman–Crippen MR) is 99.1 cm³/mol. The summed E-state index contributed by atoms with van der Waals surface area (Å²) in [5.41, 5.74) is 1.46. The van der Waals surface area contributed by atoms with Crippen LogP contribution in [0.5, 0.6) is 0 Å². The Morgan fingerprint density at radius 3 is 2.14 bits per heavy atom. The van der Waals surface area contributed by atoms with E-state index in [2.05, 4.69) is 68.3 Å². The van der Waals surface area contributed by atoms with Crippen LogP contribution < -0.4 is 0 Å². The molecule has 112 valence electrons. The van der Waals surface area contributed by atoms with Gasteiger partial charge in [-0.15, -0.1) is 0 Å². The van der Waals surface area contributed by atoms with Crippen LogP contribution in [0.4, 0.5) is 0 Å². The number of halogens is 2. The van der Waals surface area contributed by atoms with E-state index < -0.39 is 0 Å². The van der Waals surface area contributed by atoms with Gasteiger partial charge in [0.15, 0.2) is 0 Å². The van der Waals surface area contributed by atoms with E-state index in [0.717, 1.165) is 5.92 Å². The SMILES string of the molecule is Brc1ccc(C(Br)C2CCCCCCC2)c2ccccc12. The van der Waals surface area contributed by atoms with Crippen LogP contribution in [0.1, 0.15) is 55.3 Å². The van der Waals surface area contributed by atoms with Crippen molar-refractivity contribution in [3.8, 4) is 0 Å². The fourth-order valence-electron chi connectivity index (χ4n) is 3.56. The Morgan fingerprint density at radius 1 is 0.810 bits per heavy atom. The molecule has 1 unspecified atom stereocenters. The quantitative estimate of drug-likeness (QED) is 0.453. The van der Waals surface area contributed by atoms with Crippen molar-refractivity contribution in [1.29, 1.82) is 0 Å². The van der Waals surface area contributed by atoms with Gasteiger partial charge in [-0.05, 0) is 41.2 Å². The molecule has 1 saturated carbocycles. The van der Waals surface area contributed by atoms with Crippen molar-refractivity contribution in [2.45, 2.75) is 49.8 Å². The number of rotatable bonds is 2. The van der Waals surface area contributed by atoms with Crippen molar-refractivity contribution in [3.05, 3.63) is 46.4 Å². The predicted octanol–water partition coefficient (Wildman–Crippen LogP) is 7.40. The lowest BCUT2D eigenvalue weighted by atomic mass is 9.85. The molecular weight excluding hydrogens is 388 g/mol. The minimum absolute atomic E-state index is 0.480. The van der Waals surface area contributed by atoms with Crippen molar-refractivity contribution in [3.63, 3.8) is 0 Å². The first-order chi connectivity index (χ1) is 10.3. The van der Waals surface area contributed by atoms with Crippen molar-refractivity contribution in [2.24, 2.45) is 5.92 Å². The van der Waals surface area contributed by atoms with Crippen molar-refractivity contribution in [2.75, 3.05) is 0 Å². The Hall–Kier alpha value is -0.340. The lowest BCUT2D eigenvalue weighted by molar-refractivity contribution is 0.375. The van der Waals surface area contributed by atoms with Gasteiger partial charge in [-0.3, -0.25) is 0 Å². The van der Waals surface area contributed by atoms with Crippen molar-refractivity contribution in [1.82, 2.24) is 0 Å². The zero-order valence-corrected chi connectivity index (χ0v) is 15.5. The number of hydrogen-bond donors (Lipinski definition) is 0. The largest absolute Gasteiger partial charge is 0.0836 e. The second kappa shape index (κ2) is 7.28. The van der Waals surface area contributed by atoms with Gasteiger partial charge in [-0.25, -0.2) is 0 Å². The first-order valence-electron chi connectivity index (χ1n) is 8.08. The van der Waals surface area contributed by atoms with Crippen LogP contribution >= 0.6 is 31.9 Å². The van der Waals surface area contributed by atoms with Crippen LogP contribution in [0, 0.1) is 5.92 Å². The lowest BCUT2D eigenvalue weighted by Crippen LogP contribution is -2.10. The standard InChI is InChI=1S/C19H22Br2/c20-18-13-12-17(15-10-6-7-11-16(15)18)19(21)14-8-4-2-1-3-5-9-14/h6-7,10-14,19H,1-5,8-9H2. The summed E-state index contributed by atoms with van der Waals surface area (Å²) in [4.78, 5) is 0.480. The molecule has 0 aromatic heterocycles. The van der Waals surface area contributed by atoms with Gasteiger partial charge in [0, 0.05) is 9.30 Å². The van der Waals surface area contributed by atoms with Crippen LogP contribution in [0.25, 0.3) is 10.8 Å². The van der Waals surface area contributed by atoms with E-state index >= 15 is 0 Å². The first-order valence-corrected chi connectivity index (χ1v) is 9.79. The van der Waals surface area contributed by atoms with Crippen LogP contribution in [-0.2, 0) is 0 Å². The topological polar surface area (TPSA) is 0 Å². The third kappa shape index (κ3) is 3.53. The molecule has 21 heavy (non-hydrogen) atoms. The summed E-state index contributed by atoms with van der Waals surface area (Å²) in [6, 6.07) is 13.2. The Labute approximate surface area is 144 Å². The van der Waals surface area contributed by atoms with E-state index in [0.29, 0.717) is 4.83 Å². The van der Waals surface area contributed by atoms with Crippen LogP contribution in [0.2, 0.25) is 0 Å². The van der Waals surface area contributed by atoms with E-state index in [1.165, 1.54) is 65.8 Å². The van der Waals surface area contributed by atoms with Crippen LogP contribution in [0.3, 0.4) is 0 Å². The summed E-state index contributed by atoms with van der Waals surface area (Å²) in [7, 11) is 0. The molecule has 0 bridgehead atoms. The highest BCUT2D eigenvalue weighted by Crippen LogP contribution is 2.42. The number of hydrogen-bond acceptors (Lipinski definition) is 0. The second-order valence-electron chi connectivity index (χ2n) is 6.19. The fraction of sp³-hybridized carbons (Fsp3) is 0.474. The molecular formula is C19H22Br2. The van der Waals surface area contributed by atoms with Crippen LogP contribution in [-0.4, -0.2) is 0 Å². The maximum Gasteiger partial charge on any atom is 0.0429 e. The van der Waals surface area contributed by atoms with Gasteiger partial charge >= 0.3 is 0 Å². The zero-order valence-electron chi connectivity index (χ0n) is 12.3. The van der Waals surface area contributed by atoms with Gasteiger partial charge in [0.2, 0.25) is 0 Å². The van der Waals surface area contributed by atoms with Crippen molar-refractivity contribution >= 4 is 42.6 Å². The molecule has 1 atom stereocenters. The van der Waals surface area contributed by atoms with Crippen LogP contribution in [0.15, 0.2) is 40.9 Å². The van der Waals surface area contributed by atoms with Gasteiger partial charge in [-0.2, -0.15) is 0 Å². The summed E-state index contributed by atoms with van der Waals surface area (Å²) in [6.07, 6.45) is 9.76. The van der Waals surface area contributed by atoms with E-state index in [1.54, 1.807) is 0 Å². The highest BCUT2D eigenvalue weighted by molar-refractivity contribution is 9.10. The third-order valence-electron chi connectivity index (χ3n) is 4.77. The summed E-state index contributed by atoms with van der Waals surface area (Å²) >= 11 is 7.72. The second-order valence-corrected chi connectivity index (χ2v) is 8.03. The van der Waals surface area contributed by atoms with Gasteiger partial charge in [0.05, 0.1) is 0 Å². The Kier molecular flexibility index (Phi) is 5.39. The van der Waals surface area contributed by atoms with E-state index in [-0.39, 0.29) is 0 Å². The van der Waals surface area contributed by atoms with E-state index in [4.69, 9.17) is 0 Å². The third-order valence-corrected chi connectivity index (χ3v) is 6.70. The molecule has 0 nitrogen and oxygen atoms in total. The molecule has 1 aliphatic rings. The van der Waals surface area contributed by atoms with E-state index in [9.17, 15) is 0 Å². The van der Waals surface area contributed by atoms with Gasteiger partial charge in [0.25, 0.3) is 0 Å². The maximum atomic E-state index is 4.04. The summed E-state index contributed by atoms with van der Waals surface area (Å²) in [5.74, 6) is 0.773.